The predicted octanol–water partition coefficient (Wildman–Crippen LogP) is 5.52. The van der Waals surface area contributed by atoms with Crippen molar-refractivity contribution >= 4 is 16.9 Å². The summed E-state index contributed by atoms with van der Waals surface area (Å²) in [6, 6.07) is 25.4. The highest BCUT2D eigenvalue weighted by atomic mass is 16.4. The number of aliphatic carboxylic acids is 1. The number of fused-ring (bicyclic) bond motifs is 1. The first-order chi connectivity index (χ1) is 15.0. The predicted molar refractivity (Wildman–Crippen MR) is 122 cm³/mol. The molecule has 0 saturated carbocycles. The second kappa shape index (κ2) is 8.05. The van der Waals surface area contributed by atoms with Gasteiger partial charge in [-0.05, 0) is 53.8 Å². The normalized spacial score (nSPS) is 14.6. The maximum absolute atomic E-state index is 11.0. The summed E-state index contributed by atoms with van der Waals surface area (Å²) in [5, 5.41) is 10.2. The number of rotatable bonds is 6. The van der Waals surface area contributed by atoms with Gasteiger partial charge < -0.3 is 9.52 Å². The molecule has 156 valence electrons. The van der Waals surface area contributed by atoms with Crippen molar-refractivity contribution in [3.8, 4) is 11.3 Å². The summed E-state index contributed by atoms with van der Waals surface area (Å²) in [7, 11) is 0. The maximum atomic E-state index is 11.0. The Kier molecular flexibility index (Phi) is 5.08. The van der Waals surface area contributed by atoms with Crippen LogP contribution in [0.3, 0.4) is 0 Å². The molecule has 0 atom stereocenters. The molecule has 0 unspecified atom stereocenters. The lowest BCUT2D eigenvalue weighted by Crippen LogP contribution is -2.49. The van der Waals surface area contributed by atoms with Gasteiger partial charge in [0.05, 0.1) is 5.92 Å². The molecule has 0 aliphatic carbocycles. The molecule has 5 rings (SSSR count). The molecule has 4 heteroatoms. The second-order valence-corrected chi connectivity index (χ2v) is 8.52. The van der Waals surface area contributed by atoms with E-state index in [-0.39, 0.29) is 5.92 Å². The van der Waals surface area contributed by atoms with Crippen molar-refractivity contribution in [3.63, 3.8) is 0 Å². The number of benzene rings is 3. The zero-order valence-corrected chi connectivity index (χ0v) is 17.5. The van der Waals surface area contributed by atoms with E-state index in [9.17, 15) is 4.79 Å². The van der Waals surface area contributed by atoms with Crippen molar-refractivity contribution in [2.75, 3.05) is 13.1 Å². The largest absolute Gasteiger partial charge is 0.481 e. The molecule has 3 aromatic carbocycles. The van der Waals surface area contributed by atoms with Crippen LogP contribution in [0.15, 0.2) is 77.2 Å². The van der Waals surface area contributed by atoms with E-state index >= 15 is 0 Å². The fourth-order valence-electron chi connectivity index (χ4n) is 4.38. The van der Waals surface area contributed by atoms with Crippen LogP contribution in [-0.4, -0.2) is 29.1 Å². The molecule has 1 aliphatic rings. The van der Waals surface area contributed by atoms with E-state index < -0.39 is 5.97 Å². The number of hydrogen-bond acceptors (Lipinski definition) is 3. The summed E-state index contributed by atoms with van der Waals surface area (Å²) < 4.78 is 6.16. The molecule has 1 aromatic heterocycles. The van der Waals surface area contributed by atoms with E-state index in [0.717, 1.165) is 40.8 Å². The molecule has 1 saturated heterocycles. The third-order valence-corrected chi connectivity index (χ3v) is 6.10. The van der Waals surface area contributed by atoms with Crippen LogP contribution >= 0.6 is 0 Å². The number of nitrogens with zero attached hydrogens (tertiary/aromatic N) is 1. The minimum Gasteiger partial charge on any atom is -0.481 e. The molecular weight excluding hydrogens is 386 g/mol. The monoisotopic (exact) mass is 411 g/mol. The SMILES string of the molecule is Cc1cc(CN2CC(C(=O)O)C2)ccc1-c1cc2cc(Cc3ccccc3)ccc2o1. The van der Waals surface area contributed by atoms with Gasteiger partial charge in [-0.25, -0.2) is 0 Å². The summed E-state index contributed by atoms with van der Waals surface area (Å²) in [5.74, 6) is -0.0342. The summed E-state index contributed by atoms with van der Waals surface area (Å²) >= 11 is 0. The number of likely N-dealkylation sites (tertiary alicyclic amines) is 1. The van der Waals surface area contributed by atoms with Crippen molar-refractivity contribution < 1.29 is 14.3 Å². The quantitative estimate of drug-likeness (QED) is 0.454. The highest BCUT2D eigenvalue weighted by molar-refractivity contribution is 5.84. The van der Waals surface area contributed by atoms with Gasteiger partial charge in [-0.15, -0.1) is 0 Å². The van der Waals surface area contributed by atoms with Gasteiger partial charge in [-0.2, -0.15) is 0 Å². The Hall–Kier alpha value is -3.37. The van der Waals surface area contributed by atoms with E-state index in [1.807, 2.05) is 6.07 Å². The van der Waals surface area contributed by atoms with Crippen LogP contribution in [0.2, 0.25) is 0 Å². The summed E-state index contributed by atoms with van der Waals surface area (Å²) in [5.41, 5.74) is 6.93. The number of hydrogen-bond donors (Lipinski definition) is 1. The van der Waals surface area contributed by atoms with Crippen molar-refractivity contribution in [3.05, 3.63) is 95.1 Å². The van der Waals surface area contributed by atoms with Gasteiger partial charge >= 0.3 is 5.97 Å². The molecule has 0 amide bonds. The van der Waals surface area contributed by atoms with Crippen LogP contribution in [-0.2, 0) is 17.8 Å². The zero-order chi connectivity index (χ0) is 21.4. The Balaban J connectivity index is 1.33. The average Bonchev–Trinajstić information content (AvgIpc) is 3.14. The Morgan fingerprint density at radius 3 is 2.48 bits per heavy atom. The topological polar surface area (TPSA) is 53.7 Å². The van der Waals surface area contributed by atoms with Gasteiger partial charge in [0.15, 0.2) is 0 Å². The average molecular weight is 412 g/mol. The molecule has 31 heavy (non-hydrogen) atoms. The van der Waals surface area contributed by atoms with Gasteiger partial charge in [0.1, 0.15) is 11.3 Å². The maximum Gasteiger partial charge on any atom is 0.309 e. The lowest BCUT2D eigenvalue weighted by Gasteiger charge is -2.36. The third-order valence-electron chi connectivity index (χ3n) is 6.10. The molecule has 4 aromatic rings. The lowest BCUT2D eigenvalue weighted by molar-refractivity contribution is -0.147. The first-order valence-corrected chi connectivity index (χ1v) is 10.7. The molecule has 1 aliphatic heterocycles. The van der Waals surface area contributed by atoms with E-state index in [0.29, 0.717) is 13.1 Å². The highest BCUT2D eigenvalue weighted by Gasteiger charge is 2.32. The van der Waals surface area contributed by atoms with E-state index in [4.69, 9.17) is 9.52 Å². The molecule has 0 bridgehead atoms. The summed E-state index contributed by atoms with van der Waals surface area (Å²) in [6.07, 6.45) is 0.907. The van der Waals surface area contributed by atoms with Crippen LogP contribution in [0.5, 0.6) is 0 Å². The summed E-state index contributed by atoms with van der Waals surface area (Å²) in [4.78, 5) is 13.2. The third kappa shape index (κ3) is 4.12. The molecule has 0 spiro atoms. The Morgan fingerprint density at radius 1 is 0.968 bits per heavy atom. The van der Waals surface area contributed by atoms with Gasteiger partial charge in [-0.3, -0.25) is 9.69 Å². The highest BCUT2D eigenvalue weighted by Crippen LogP contribution is 2.32. The van der Waals surface area contributed by atoms with Crippen LogP contribution in [0.1, 0.15) is 22.3 Å². The second-order valence-electron chi connectivity index (χ2n) is 8.52. The number of carbonyl (C=O) groups is 1. The molecule has 0 radical (unpaired) electrons. The van der Waals surface area contributed by atoms with Crippen LogP contribution in [0, 0.1) is 12.8 Å². The molecule has 4 nitrogen and oxygen atoms in total. The molecular formula is C27H25NO3. The molecule has 1 N–H and O–H groups in total. The fourth-order valence-corrected chi connectivity index (χ4v) is 4.38. The minimum absolute atomic E-state index is 0.220. The molecule has 2 heterocycles. The number of carboxylic acids is 1. The summed E-state index contributed by atoms with van der Waals surface area (Å²) in [6.45, 7) is 4.15. The fraction of sp³-hybridized carbons (Fsp3) is 0.222. The van der Waals surface area contributed by atoms with Crippen LogP contribution in [0.4, 0.5) is 0 Å². The smallest absolute Gasteiger partial charge is 0.309 e. The van der Waals surface area contributed by atoms with Gasteiger partial charge in [0.25, 0.3) is 0 Å². The Morgan fingerprint density at radius 2 is 1.74 bits per heavy atom. The van der Waals surface area contributed by atoms with Crippen molar-refractivity contribution in [2.24, 2.45) is 5.92 Å². The first kappa shape index (κ1) is 19.6. The minimum atomic E-state index is -0.695. The molecule has 1 fully saturated rings. The van der Waals surface area contributed by atoms with Crippen LogP contribution < -0.4 is 0 Å². The van der Waals surface area contributed by atoms with Crippen molar-refractivity contribution in [1.29, 1.82) is 0 Å². The van der Waals surface area contributed by atoms with E-state index in [1.165, 1.54) is 16.7 Å². The number of aryl methyl sites for hydroxylation is 1. The zero-order valence-electron chi connectivity index (χ0n) is 17.5. The van der Waals surface area contributed by atoms with Crippen LogP contribution in [0.25, 0.3) is 22.3 Å². The Bertz CT molecular complexity index is 1240. The van der Waals surface area contributed by atoms with Gasteiger partial charge in [-0.1, -0.05) is 54.6 Å². The first-order valence-electron chi connectivity index (χ1n) is 10.7. The number of carboxylic acid groups (broad SMARTS) is 1. The van der Waals surface area contributed by atoms with E-state index in [2.05, 4.69) is 78.6 Å². The standard InChI is InChI=1S/C27H25NO3/c1-18-11-21(15-28-16-23(17-28)27(29)30)7-9-24(18)26-14-22-13-20(8-10-25(22)31-26)12-19-5-3-2-4-6-19/h2-11,13-14,23H,12,15-17H2,1H3,(H,29,30). The van der Waals surface area contributed by atoms with Gasteiger partial charge in [0, 0.05) is 30.6 Å². The van der Waals surface area contributed by atoms with Gasteiger partial charge in [0.2, 0.25) is 0 Å². The van der Waals surface area contributed by atoms with Crippen molar-refractivity contribution in [1.82, 2.24) is 4.90 Å². The lowest BCUT2D eigenvalue weighted by atomic mass is 9.98. The Labute approximate surface area is 181 Å². The van der Waals surface area contributed by atoms with Crippen molar-refractivity contribution in [2.45, 2.75) is 19.9 Å². The number of furan rings is 1. The van der Waals surface area contributed by atoms with E-state index in [1.54, 1.807) is 0 Å².